The molecule has 0 aliphatic carbocycles. The highest BCUT2D eigenvalue weighted by atomic mass is 15.4. The van der Waals surface area contributed by atoms with E-state index < -0.39 is 0 Å². The monoisotopic (exact) mass is 149 g/mol. The lowest BCUT2D eigenvalue weighted by Crippen LogP contribution is -1.91. The molecule has 1 rings (SSSR count). The van der Waals surface area contributed by atoms with Crippen molar-refractivity contribution < 1.29 is 0 Å². The van der Waals surface area contributed by atoms with Gasteiger partial charge in [-0.1, -0.05) is 19.8 Å². The normalized spacial score (nSPS) is 9.45. The van der Waals surface area contributed by atoms with E-state index in [0.717, 1.165) is 5.69 Å². The Kier molecular flexibility index (Phi) is 2.27. The topological polar surface area (TPSA) is 30.7 Å². The minimum atomic E-state index is 0.386. The van der Waals surface area contributed by atoms with Crippen molar-refractivity contribution in [3.8, 4) is 11.8 Å². The van der Waals surface area contributed by atoms with Gasteiger partial charge in [-0.15, -0.1) is 5.10 Å². The van der Waals surface area contributed by atoms with E-state index in [4.69, 9.17) is 0 Å². The van der Waals surface area contributed by atoms with Gasteiger partial charge >= 0.3 is 0 Å². The van der Waals surface area contributed by atoms with Gasteiger partial charge in [-0.05, 0) is 5.92 Å². The zero-order chi connectivity index (χ0) is 8.27. The van der Waals surface area contributed by atoms with Gasteiger partial charge in [-0.3, -0.25) is 0 Å². The van der Waals surface area contributed by atoms with Crippen LogP contribution in [-0.4, -0.2) is 15.0 Å². The predicted octanol–water partition coefficient (Wildman–Crippen LogP) is 0.823. The number of rotatable bonds is 0. The molecule has 0 aliphatic rings. The van der Waals surface area contributed by atoms with Crippen LogP contribution in [0.15, 0.2) is 6.20 Å². The van der Waals surface area contributed by atoms with Crippen LogP contribution in [0, 0.1) is 17.8 Å². The van der Waals surface area contributed by atoms with E-state index in [2.05, 4.69) is 22.0 Å². The maximum absolute atomic E-state index is 4.01. The van der Waals surface area contributed by atoms with Crippen LogP contribution in [0.1, 0.15) is 19.5 Å². The molecule has 3 nitrogen and oxygen atoms in total. The maximum atomic E-state index is 4.01. The molecule has 0 amide bonds. The van der Waals surface area contributed by atoms with Crippen LogP contribution < -0.4 is 0 Å². The molecule has 0 aliphatic heterocycles. The van der Waals surface area contributed by atoms with Gasteiger partial charge in [0, 0.05) is 13.0 Å². The quantitative estimate of drug-likeness (QED) is 0.511. The fourth-order valence-corrected chi connectivity index (χ4v) is 0.621. The second-order valence-corrected chi connectivity index (χ2v) is 2.64. The van der Waals surface area contributed by atoms with E-state index in [1.54, 1.807) is 13.2 Å². The summed E-state index contributed by atoms with van der Waals surface area (Å²) in [5.74, 6) is 6.32. The Balaban J connectivity index is 2.74. The van der Waals surface area contributed by atoms with Crippen molar-refractivity contribution in [2.24, 2.45) is 13.0 Å². The lowest BCUT2D eigenvalue weighted by molar-refractivity contribution is 0.652. The molecule has 0 N–H and O–H groups in total. The molecule has 3 heteroatoms. The Morgan fingerprint density at radius 1 is 1.55 bits per heavy atom. The zero-order valence-corrected chi connectivity index (χ0v) is 7.00. The first-order valence-electron chi connectivity index (χ1n) is 3.56. The van der Waals surface area contributed by atoms with Crippen molar-refractivity contribution in [1.82, 2.24) is 15.0 Å². The van der Waals surface area contributed by atoms with E-state index in [1.165, 1.54) is 4.80 Å². The summed E-state index contributed by atoms with van der Waals surface area (Å²) in [6.45, 7) is 4.09. The molecule has 0 spiro atoms. The molecular formula is C8H11N3. The van der Waals surface area contributed by atoms with E-state index in [1.807, 2.05) is 13.8 Å². The summed E-state index contributed by atoms with van der Waals surface area (Å²) in [5, 5.41) is 7.91. The molecule has 0 aromatic carbocycles. The van der Waals surface area contributed by atoms with Gasteiger partial charge < -0.3 is 0 Å². The van der Waals surface area contributed by atoms with Gasteiger partial charge in [-0.2, -0.15) is 9.90 Å². The van der Waals surface area contributed by atoms with E-state index in [9.17, 15) is 0 Å². The average molecular weight is 149 g/mol. The molecule has 11 heavy (non-hydrogen) atoms. The Hall–Kier alpha value is -1.30. The number of aryl methyl sites for hydroxylation is 1. The molecule has 0 saturated heterocycles. The summed E-state index contributed by atoms with van der Waals surface area (Å²) in [4.78, 5) is 1.50. The summed E-state index contributed by atoms with van der Waals surface area (Å²) in [6, 6.07) is 0. The number of aromatic nitrogens is 3. The third kappa shape index (κ3) is 2.42. The predicted molar refractivity (Wildman–Crippen MR) is 42.7 cm³/mol. The van der Waals surface area contributed by atoms with Crippen LogP contribution in [0.3, 0.4) is 0 Å². The summed E-state index contributed by atoms with van der Waals surface area (Å²) in [6.07, 6.45) is 1.66. The third-order valence-electron chi connectivity index (χ3n) is 1.09. The van der Waals surface area contributed by atoms with E-state index in [-0.39, 0.29) is 0 Å². The van der Waals surface area contributed by atoms with Crippen LogP contribution in [0.5, 0.6) is 0 Å². The number of hydrogen-bond acceptors (Lipinski definition) is 2. The van der Waals surface area contributed by atoms with Crippen LogP contribution in [0.4, 0.5) is 0 Å². The lowest BCUT2D eigenvalue weighted by Gasteiger charge is -1.84. The van der Waals surface area contributed by atoms with Crippen LogP contribution >= 0.6 is 0 Å². The second kappa shape index (κ2) is 3.20. The first-order valence-corrected chi connectivity index (χ1v) is 3.56. The SMILES string of the molecule is CC(C)C#Cc1cnn(C)n1. The molecule has 1 aromatic heterocycles. The number of nitrogens with zero attached hydrogens (tertiary/aromatic N) is 3. The molecular weight excluding hydrogens is 138 g/mol. The molecule has 0 radical (unpaired) electrons. The van der Waals surface area contributed by atoms with E-state index in [0.29, 0.717) is 5.92 Å². The summed E-state index contributed by atoms with van der Waals surface area (Å²) in [7, 11) is 1.78. The molecule has 0 fully saturated rings. The van der Waals surface area contributed by atoms with Gasteiger partial charge in [0.05, 0.1) is 6.20 Å². The molecule has 0 unspecified atom stereocenters. The van der Waals surface area contributed by atoms with Gasteiger partial charge in [0.15, 0.2) is 5.69 Å². The fraction of sp³-hybridized carbons (Fsp3) is 0.500. The highest BCUT2D eigenvalue weighted by Crippen LogP contribution is 1.90. The van der Waals surface area contributed by atoms with Crippen molar-refractivity contribution in [1.29, 1.82) is 0 Å². The standard InChI is InChI=1S/C8H11N3/c1-7(2)4-5-8-6-9-11(3)10-8/h6-7H,1-3H3. The van der Waals surface area contributed by atoms with Crippen molar-refractivity contribution in [3.63, 3.8) is 0 Å². The van der Waals surface area contributed by atoms with Crippen molar-refractivity contribution in [3.05, 3.63) is 11.9 Å². The lowest BCUT2D eigenvalue weighted by atomic mass is 10.2. The summed E-state index contributed by atoms with van der Waals surface area (Å²) >= 11 is 0. The Bertz CT molecular complexity index is 288. The molecule has 0 atom stereocenters. The summed E-state index contributed by atoms with van der Waals surface area (Å²) in [5.41, 5.74) is 0.737. The van der Waals surface area contributed by atoms with E-state index >= 15 is 0 Å². The fourth-order valence-electron chi connectivity index (χ4n) is 0.621. The highest BCUT2D eigenvalue weighted by molar-refractivity contribution is 5.23. The molecule has 0 bridgehead atoms. The van der Waals surface area contributed by atoms with Crippen LogP contribution in [0.25, 0.3) is 0 Å². The Labute approximate surface area is 66.4 Å². The summed E-state index contributed by atoms with van der Waals surface area (Å²) < 4.78 is 0. The van der Waals surface area contributed by atoms with Crippen LogP contribution in [-0.2, 0) is 7.05 Å². The second-order valence-electron chi connectivity index (χ2n) is 2.64. The zero-order valence-electron chi connectivity index (χ0n) is 7.00. The Morgan fingerprint density at radius 3 is 2.73 bits per heavy atom. The van der Waals surface area contributed by atoms with Crippen molar-refractivity contribution in [2.75, 3.05) is 0 Å². The third-order valence-corrected chi connectivity index (χ3v) is 1.09. The maximum Gasteiger partial charge on any atom is 0.155 e. The Morgan fingerprint density at radius 2 is 2.27 bits per heavy atom. The molecule has 58 valence electrons. The van der Waals surface area contributed by atoms with Crippen LogP contribution in [0.2, 0.25) is 0 Å². The smallest absolute Gasteiger partial charge is 0.155 e. The van der Waals surface area contributed by atoms with Gasteiger partial charge in [0.1, 0.15) is 0 Å². The molecule has 1 heterocycles. The van der Waals surface area contributed by atoms with Gasteiger partial charge in [-0.25, -0.2) is 0 Å². The first kappa shape index (κ1) is 7.80. The van der Waals surface area contributed by atoms with Crippen molar-refractivity contribution in [2.45, 2.75) is 13.8 Å². The van der Waals surface area contributed by atoms with Crippen molar-refractivity contribution >= 4 is 0 Å². The average Bonchev–Trinajstić information content (AvgIpc) is 2.31. The number of hydrogen-bond donors (Lipinski definition) is 0. The highest BCUT2D eigenvalue weighted by Gasteiger charge is 1.90. The minimum Gasteiger partial charge on any atom is -0.187 e. The molecule has 0 saturated carbocycles. The molecule has 1 aromatic rings. The van der Waals surface area contributed by atoms with Gasteiger partial charge in [0.25, 0.3) is 0 Å². The van der Waals surface area contributed by atoms with Gasteiger partial charge in [0.2, 0.25) is 0 Å². The largest absolute Gasteiger partial charge is 0.187 e. The minimum absolute atomic E-state index is 0.386. The first-order chi connectivity index (χ1) is 5.18.